The van der Waals surface area contributed by atoms with Gasteiger partial charge >= 0.3 is 0 Å². The molecule has 2 aromatic rings. The van der Waals surface area contributed by atoms with Gasteiger partial charge in [-0.2, -0.15) is 10.2 Å². The van der Waals surface area contributed by atoms with Gasteiger partial charge in [0.15, 0.2) is 0 Å². The highest BCUT2D eigenvalue weighted by molar-refractivity contribution is 5.80. The third-order valence-electron chi connectivity index (χ3n) is 2.05. The standard InChI is InChI=1S/C9H9N3/c1-6-7(2)10-5-8-3-4-11-12-9(6)8/h3-5H,1-2H3. The number of nitrogens with zero attached hydrogens (tertiary/aromatic N) is 3. The Morgan fingerprint density at radius 3 is 2.92 bits per heavy atom. The Morgan fingerprint density at radius 1 is 1.25 bits per heavy atom. The third kappa shape index (κ3) is 0.942. The quantitative estimate of drug-likeness (QED) is 0.586. The van der Waals surface area contributed by atoms with Crippen LogP contribution >= 0.6 is 0 Å². The molecule has 2 heterocycles. The van der Waals surface area contributed by atoms with E-state index in [1.165, 1.54) is 0 Å². The fourth-order valence-electron chi connectivity index (χ4n) is 1.17. The summed E-state index contributed by atoms with van der Waals surface area (Å²) >= 11 is 0. The molecule has 3 heteroatoms. The topological polar surface area (TPSA) is 38.7 Å². The van der Waals surface area contributed by atoms with Gasteiger partial charge in [-0.05, 0) is 25.5 Å². The highest BCUT2D eigenvalue weighted by Crippen LogP contribution is 2.14. The van der Waals surface area contributed by atoms with E-state index in [1.807, 2.05) is 26.1 Å². The maximum atomic E-state index is 4.24. The van der Waals surface area contributed by atoms with Gasteiger partial charge in [-0.15, -0.1) is 0 Å². The van der Waals surface area contributed by atoms with E-state index in [2.05, 4.69) is 15.2 Å². The summed E-state index contributed by atoms with van der Waals surface area (Å²) in [6, 6.07) is 1.92. The molecule has 0 atom stereocenters. The molecule has 0 saturated heterocycles. The number of pyridine rings is 1. The molecule has 0 N–H and O–H groups in total. The second-order valence-corrected chi connectivity index (χ2v) is 2.80. The number of aryl methyl sites for hydroxylation is 2. The number of rotatable bonds is 0. The van der Waals surface area contributed by atoms with Gasteiger partial charge in [0.25, 0.3) is 0 Å². The smallest absolute Gasteiger partial charge is 0.0992 e. The Balaban J connectivity index is 2.91. The van der Waals surface area contributed by atoms with Crippen LogP contribution in [-0.2, 0) is 0 Å². The van der Waals surface area contributed by atoms with Crippen LogP contribution in [0.4, 0.5) is 0 Å². The van der Waals surface area contributed by atoms with E-state index < -0.39 is 0 Å². The Bertz CT molecular complexity index is 423. The zero-order valence-corrected chi connectivity index (χ0v) is 7.07. The number of hydrogen-bond donors (Lipinski definition) is 0. The Hall–Kier alpha value is -1.51. The van der Waals surface area contributed by atoms with Gasteiger partial charge in [0, 0.05) is 17.3 Å². The monoisotopic (exact) mass is 159 g/mol. The second-order valence-electron chi connectivity index (χ2n) is 2.80. The first-order valence-corrected chi connectivity index (χ1v) is 3.82. The van der Waals surface area contributed by atoms with Gasteiger partial charge in [0.2, 0.25) is 0 Å². The summed E-state index contributed by atoms with van der Waals surface area (Å²) in [5, 5.41) is 8.94. The summed E-state index contributed by atoms with van der Waals surface area (Å²) < 4.78 is 0. The van der Waals surface area contributed by atoms with Crippen LogP contribution in [0.2, 0.25) is 0 Å². The Kier molecular flexibility index (Phi) is 1.50. The summed E-state index contributed by atoms with van der Waals surface area (Å²) in [6.45, 7) is 3.99. The predicted octanol–water partition coefficient (Wildman–Crippen LogP) is 1.64. The van der Waals surface area contributed by atoms with Gasteiger partial charge in [0.05, 0.1) is 11.7 Å². The Labute approximate surface area is 70.5 Å². The highest BCUT2D eigenvalue weighted by atomic mass is 15.1. The minimum atomic E-state index is 0.949. The van der Waals surface area contributed by atoms with Crippen molar-refractivity contribution in [2.75, 3.05) is 0 Å². The molecule has 12 heavy (non-hydrogen) atoms. The molecule has 0 spiro atoms. The van der Waals surface area contributed by atoms with Crippen molar-refractivity contribution in [1.29, 1.82) is 0 Å². The van der Waals surface area contributed by atoms with Gasteiger partial charge < -0.3 is 0 Å². The van der Waals surface area contributed by atoms with Crippen LogP contribution in [0, 0.1) is 13.8 Å². The van der Waals surface area contributed by atoms with Crippen molar-refractivity contribution in [2.45, 2.75) is 13.8 Å². The molecule has 0 aliphatic rings. The molecule has 0 radical (unpaired) electrons. The number of aromatic nitrogens is 3. The van der Waals surface area contributed by atoms with E-state index in [0.29, 0.717) is 0 Å². The zero-order valence-electron chi connectivity index (χ0n) is 7.07. The molecule has 2 rings (SSSR count). The van der Waals surface area contributed by atoms with Crippen molar-refractivity contribution in [3.05, 3.63) is 29.7 Å². The maximum Gasteiger partial charge on any atom is 0.0992 e. The van der Waals surface area contributed by atoms with Crippen LogP contribution in [0.25, 0.3) is 10.9 Å². The first kappa shape index (κ1) is 7.16. The summed E-state index contributed by atoms with van der Waals surface area (Å²) in [4.78, 5) is 4.24. The molecule has 2 aromatic heterocycles. The minimum Gasteiger partial charge on any atom is -0.261 e. The van der Waals surface area contributed by atoms with E-state index in [9.17, 15) is 0 Å². The van der Waals surface area contributed by atoms with Crippen LogP contribution in [0.3, 0.4) is 0 Å². The summed E-state index contributed by atoms with van der Waals surface area (Å²) in [7, 11) is 0. The summed E-state index contributed by atoms with van der Waals surface area (Å²) in [5.74, 6) is 0. The molecule has 3 nitrogen and oxygen atoms in total. The van der Waals surface area contributed by atoms with Crippen LogP contribution in [0.15, 0.2) is 18.5 Å². The molecule has 0 unspecified atom stereocenters. The lowest BCUT2D eigenvalue weighted by molar-refractivity contribution is 1.05. The molecule has 0 aliphatic carbocycles. The SMILES string of the molecule is Cc1ncc2ccnnc2c1C. The van der Waals surface area contributed by atoms with Crippen LogP contribution in [-0.4, -0.2) is 15.2 Å². The molecule has 60 valence electrons. The lowest BCUT2D eigenvalue weighted by Crippen LogP contribution is -1.91. The molecule has 0 aromatic carbocycles. The van der Waals surface area contributed by atoms with Crippen molar-refractivity contribution >= 4 is 10.9 Å². The third-order valence-corrected chi connectivity index (χ3v) is 2.05. The molecule has 0 fully saturated rings. The van der Waals surface area contributed by atoms with E-state index >= 15 is 0 Å². The van der Waals surface area contributed by atoms with E-state index in [-0.39, 0.29) is 0 Å². The van der Waals surface area contributed by atoms with Gasteiger partial charge in [-0.25, -0.2) is 0 Å². The zero-order chi connectivity index (χ0) is 8.55. The van der Waals surface area contributed by atoms with Crippen molar-refractivity contribution in [3.8, 4) is 0 Å². The number of fused-ring (bicyclic) bond motifs is 1. The first-order chi connectivity index (χ1) is 5.79. The van der Waals surface area contributed by atoms with Crippen molar-refractivity contribution < 1.29 is 0 Å². The normalized spacial score (nSPS) is 10.5. The fourth-order valence-corrected chi connectivity index (χ4v) is 1.17. The molecule has 0 aliphatic heterocycles. The average Bonchev–Trinajstić information content (AvgIpc) is 2.12. The van der Waals surface area contributed by atoms with Crippen LogP contribution in [0.1, 0.15) is 11.3 Å². The predicted molar refractivity (Wildman–Crippen MR) is 46.8 cm³/mol. The van der Waals surface area contributed by atoms with Crippen LogP contribution < -0.4 is 0 Å². The fraction of sp³-hybridized carbons (Fsp3) is 0.222. The minimum absolute atomic E-state index is 0.949. The second kappa shape index (κ2) is 2.52. The molecule has 0 amide bonds. The lowest BCUT2D eigenvalue weighted by Gasteiger charge is -2.01. The van der Waals surface area contributed by atoms with Crippen LogP contribution in [0.5, 0.6) is 0 Å². The van der Waals surface area contributed by atoms with Crippen molar-refractivity contribution in [3.63, 3.8) is 0 Å². The largest absolute Gasteiger partial charge is 0.261 e. The number of hydrogen-bond acceptors (Lipinski definition) is 3. The van der Waals surface area contributed by atoms with Gasteiger partial charge in [-0.3, -0.25) is 4.98 Å². The molecule has 0 saturated carbocycles. The molecule has 0 bridgehead atoms. The van der Waals surface area contributed by atoms with Gasteiger partial charge in [0.1, 0.15) is 0 Å². The molecular weight excluding hydrogens is 150 g/mol. The van der Waals surface area contributed by atoms with E-state index in [4.69, 9.17) is 0 Å². The van der Waals surface area contributed by atoms with E-state index in [1.54, 1.807) is 6.20 Å². The summed E-state index contributed by atoms with van der Waals surface area (Å²) in [5.41, 5.74) is 3.08. The highest BCUT2D eigenvalue weighted by Gasteiger charge is 2.01. The Morgan fingerprint density at radius 2 is 2.08 bits per heavy atom. The molecular formula is C9H9N3. The van der Waals surface area contributed by atoms with Crippen molar-refractivity contribution in [2.24, 2.45) is 0 Å². The summed E-state index contributed by atoms with van der Waals surface area (Å²) in [6.07, 6.45) is 3.51. The van der Waals surface area contributed by atoms with Gasteiger partial charge in [-0.1, -0.05) is 0 Å². The average molecular weight is 159 g/mol. The lowest BCUT2D eigenvalue weighted by atomic mass is 10.1. The first-order valence-electron chi connectivity index (χ1n) is 3.82. The van der Waals surface area contributed by atoms with E-state index in [0.717, 1.165) is 22.2 Å². The maximum absolute atomic E-state index is 4.24. The van der Waals surface area contributed by atoms with Crippen molar-refractivity contribution in [1.82, 2.24) is 15.2 Å².